The number of carbonyl (C=O) groups excluding carboxylic acids is 2. The maximum absolute atomic E-state index is 13.2. The number of thioether (sulfide) groups is 1. The molecule has 138 valence electrons. The Morgan fingerprint density at radius 2 is 1.93 bits per heavy atom. The lowest BCUT2D eigenvalue weighted by Gasteiger charge is -2.18. The highest BCUT2D eigenvalue weighted by atomic mass is 79.9. The molecule has 27 heavy (non-hydrogen) atoms. The number of allylic oxidation sites excluding steroid dienone is 1. The van der Waals surface area contributed by atoms with Crippen molar-refractivity contribution >= 4 is 51.3 Å². The van der Waals surface area contributed by atoms with E-state index in [1.54, 1.807) is 29.7 Å². The number of halogens is 1. The first-order chi connectivity index (χ1) is 13.0. The Labute approximate surface area is 171 Å². The van der Waals surface area contributed by atoms with Crippen LogP contribution in [0.5, 0.6) is 0 Å². The second-order valence-electron chi connectivity index (χ2n) is 5.91. The number of ether oxygens (including phenoxy) is 1. The first-order valence-corrected chi connectivity index (χ1v) is 10.2. The van der Waals surface area contributed by atoms with Crippen LogP contribution >= 0.6 is 27.7 Å². The molecular formula is C21H18BrNO3S. The zero-order valence-electron chi connectivity index (χ0n) is 15.2. The van der Waals surface area contributed by atoms with Crippen molar-refractivity contribution in [2.45, 2.75) is 11.8 Å². The molecule has 4 nitrogen and oxygen atoms in total. The minimum atomic E-state index is -0.523. The lowest BCUT2D eigenvalue weighted by molar-refractivity contribution is -0.136. The molecule has 0 saturated heterocycles. The number of hydrogen-bond acceptors (Lipinski definition) is 4. The molecule has 0 radical (unpaired) electrons. The lowest BCUT2D eigenvalue weighted by Crippen LogP contribution is -2.24. The highest BCUT2D eigenvalue weighted by molar-refractivity contribution is 9.10. The van der Waals surface area contributed by atoms with Gasteiger partial charge in [0.15, 0.2) is 0 Å². The maximum Gasteiger partial charge on any atom is 0.340 e. The third-order valence-corrected chi connectivity index (χ3v) is 5.48. The molecule has 2 aromatic rings. The molecule has 0 unspecified atom stereocenters. The van der Waals surface area contributed by atoms with Gasteiger partial charge < -0.3 is 4.74 Å². The van der Waals surface area contributed by atoms with Gasteiger partial charge in [0.25, 0.3) is 5.91 Å². The van der Waals surface area contributed by atoms with Gasteiger partial charge in [-0.2, -0.15) is 0 Å². The minimum absolute atomic E-state index is 0.244. The van der Waals surface area contributed by atoms with Crippen molar-refractivity contribution in [3.8, 4) is 0 Å². The smallest absolute Gasteiger partial charge is 0.340 e. The Bertz CT molecular complexity index is 981. The summed E-state index contributed by atoms with van der Waals surface area (Å²) in [7, 11) is 1.32. The van der Waals surface area contributed by atoms with Crippen molar-refractivity contribution in [2.24, 2.45) is 0 Å². The average molecular weight is 444 g/mol. The van der Waals surface area contributed by atoms with Crippen molar-refractivity contribution in [1.82, 2.24) is 0 Å². The van der Waals surface area contributed by atoms with Crippen LogP contribution in [0.4, 0.5) is 5.69 Å². The van der Waals surface area contributed by atoms with E-state index in [0.29, 0.717) is 11.3 Å². The number of nitrogens with zero attached hydrogens (tertiary/aromatic N) is 1. The number of benzene rings is 2. The Morgan fingerprint density at radius 3 is 2.59 bits per heavy atom. The van der Waals surface area contributed by atoms with E-state index < -0.39 is 5.97 Å². The fourth-order valence-electron chi connectivity index (χ4n) is 3.00. The summed E-state index contributed by atoms with van der Waals surface area (Å²) in [4.78, 5) is 28.3. The van der Waals surface area contributed by atoms with Crippen LogP contribution in [-0.2, 0) is 14.3 Å². The molecule has 0 spiro atoms. The fraction of sp³-hybridized carbons (Fsp3) is 0.143. The van der Waals surface area contributed by atoms with E-state index in [9.17, 15) is 9.59 Å². The Morgan fingerprint density at radius 1 is 1.19 bits per heavy atom. The number of amides is 1. The van der Waals surface area contributed by atoms with E-state index in [1.165, 1.54) is 7.11 Å². The monoisotopic (exact) mass is 443 g/mol. The summed E-state index contributed by atoms with van der Waals surface area (Å²) < 4.78 is 5.84. The minimum Gasteiger partial charge on any atom is -0.465 e. The highest BCUT2D eigenvalue weighted by Crippen LogP contribution is 2.36. The van der Waals surface area contributed by atoms with Gasteiger partial charge in [-0.25, -0.2) is 4.79 Å². The molecule has 0 N–H and O–H groups in total. The molecule has 1 aliphatic rings. The zero-order chi connectivity index (χ0) is 19.6. The van der Waals surface area contributed by atoms with E-state index in [-0.39, 0.29) is 11.5 Å². The third-order valence-electron chi connectivity index (χ3n) is 4.26. The molecule has 6 heteroatoms. The lowest BCUT2D eigenvalue weighted by atomic mass is 10.0. The third kappa shape index (κ3) is 3.87. The first kappa shape index (κ1) is 19.5. The first-order valence-electron chi connectivity index (χ1n) is 8.21. The van der Waals surface area contributed by atoms with Crippen molar-refractivity contribution in [3.63, 3.8) is 0 Å². The summed E-state index contributed by atoms with van der Waals surface area (Å²) in [6.07, 6.45) is 3.70. The summed E-state index contributed by atoms with van der Waals surface area (Å²) in [5, 5.41) is 0. The second kappa shape index (κ2) is 8.15. The van der Waals surface area contributed by atoms with Crippen molar-refractivity contribution in [3.05, 3.63) is 75.4 Å². The van der Waals surface area contributed by atoms with Gasteiger partial charge in [-0.15, -0.1) is 11.8 Å². The van der Waals surface area contributed by atoms with Gasteiger partial charge in [0.1, 0.15) is 0 Å². The molecule has 0 saturated carbocycles. The standard InChI is InChI=1S/C21H18BrNO3S/c1-13-19(21(25)26-2)18(11-14-6-4-7-15(22)10-14)20(24)23(13)16-8-5-9-17(12-16)27-3/h4-12H,1-3H3/b18-11-. The summed E-state index contributed by atoms with van der Waals surface area (Å²) in [6.45, 7) is 1.76. The summed E-state index contributed by atoms with van der Waals surface area (Å²) in [5.41, 5.74) is 2.72. The van der Waals surface area contributed by atoms with E-state index in [0.717, 1.165) is 20.6 Å². The van der Waals surface area contributed by atoms with Crippen molar-refractivity contribution in [1.29, 1.82) is 0 Å². The predicted molar refractivity (Wildman–Crippen MR) is 113 cm³/mol. The second-order valence-corrected chi connectivity index (χ2v) is 7.70. The normalized spacial score (nSPS) is 15.6. The van der Waals surface area contributed by atoms with Gasteiger partial charge in [-0.3, -0.25) is 9.69 Å². The molecule has 0 aliphatic carbocycles. The summed E-state index contributed by atoms with van der Waals surface area (Å²) in [6, 6.07) is 15.2. The van der Waals surface area contributed by atoms with Crippen LogP contribution in [0.2, 0.25) is 0 Å². The SMILES string of the molecule is COC(=O)C1=C(C)N(c2cccc(SC)c2)C(=O)/C1=C\c1cccc(Br)c1. The van der Waals surface area contributed by atoms with Gasteiger partial charge in [0.05, 0.1) is 23.9 Å². The molecule has 1 amide bonds. The molecular weight excluding hydrogens is 426 g/mol. The molecule has 0 bridgehead atoms. The Hall–Kier alpha value is -2.31. The van der Waals surface area contributed by atoms with Gasteiger partial charge in [-0.05, 0) is 55.2 Å². The zero-order valence-corrected chi connectivity index (χ0v) is 17.6. The van der Waals surface area contributed by atoms with Crippen LogP contribution in [0, 0.1) is 0 Å². The van der Waals surface area contributed by atoms with E-state index in [4.69, 9.17) is 4.74 Å². The average Bonchev–Trinajstić information content (AvgIpc) is 2.91. The van der Waals surface area contributed by atoms with Crippen molar-refractivity contribution in [2.75, 3.05) is 18.3 Å². The Balaban J connectivity index is 2.14. The predicted octanol–water partition coefficient (Wildman–Crippen LogP) is 5.05. The number of esters is 1. The van der Waals surface area contributed by atoms with Gasteiger partial charge in [0, 0.05) is 15.1 Å². The number of rotatable bonds is 4. The molecule has 2 aromatic carbocycles. The van der Waals surface area contributed by atoms with Gasteiger partial charge in [-0.1, -0.05) is 34.1 Å². The summed E-state index contributed by atoms with van der Waals surface area (Å²) >= 11 is 5.03. The van der Waals surface area contributed by atoms with Gasteiger partial charge >= 0.3 is 5.97 Å². The molecule has 1 heterocycles. The molecule has 3 rings (SSSR count). The number of hydrogen-bond donors (Lipinski definition) is 0. The fourth-order valence-corrected chi connectivity index (χ4v) is 3.87. The van der Waals surface area contributed by atoms with Crippen LogP contribution in [0.15, 0.2) is 74.7 Å². The quantitative estimate of drug-likeness (QED) is 0.376. The van der Waals surface area contributed by atoms with Gasteiger partial charge in [0.2, 0.25) is 0 Å². The number of anilines is 1. The number of carbonyl (C=O) groups is 2. The molecule has 1 aliphatic heterocycles. The maximum atomic E-state index is 13.2. The van der Waals surface area contributed by atoms with Crippen LogP contribution in [0.1, 0.15) is 12.5 Å². The van der Waals surface area contributed by atoms with E-state index in [1.807, 2.05) is 54.8 Å². The largest absolute Gasteiger partial charge is 0.465 e. The van der Waals surface area contributed by atoms with Crippen LogP contribution in [-0.4, -0.2) is 25.2 Å². The molecule has 0 fully saturated rings. The van der Waals surface area contributed by atoms with Crippen LogP contribution in [0.3, 0.4) is 0 Å². The van der Waals surface area contributed by atoms with E-state index >= 15 is 0 Å². The highest BCUT2D eigenvalue weighted by Gasteiger charge is 2.37. The summed E-state index contributed by atoms with van der Waals surface area (Å²) in [5.74, 6) is -0.767. The molecule has 0 atom stereocenters. The van der Waals surface area contributed by atoms with Crippen LogP contribution < -0.4 is 4.90 Å². The van der Waals surface area contributed by atoms with E-state index in [2.05, 4.69) is 15.9 Å². The van der Waals surface area contributed by atoms with Crippen LogP contribution in [0.25, 0.3) is 6.08 Å². The number of methoxy groups -OCH3 is 1. The Kier molecular flexibility index (Phi) is 5.87. The van der Waals surface area contributed by atoms with Crippen molar-refractivity contribution < 1.29 is 14.3 Å². The molecule has 0 aromatic heterocycles. The topological polar surface area (TPSA) is 46.6 Å².